The maximum Gasteiger partial charge on any atom is 0.100 e. The Balaban J connectivity index is 1.24. The van der Waals surface area contributed by atoms with Crippen LogP contribution in [0.3, 0.4) is 0 Å². The SMILES string of the molecule is C[C@@H]1CCC[C@H](N2CCC(N[C@@H]3CCO[C@@H](c4cncn4C)C3)CC2)C1. The van der Waals surface area contributed by atoms with E-state index in [0.29, 0.717) is 12.1 Å². The second kappa shape index (κ2) is 8.41. The van der Waals surface area contributed by atoms with Crippen LogP contribution in [0.15, 0.2) is 12.5 Å². The molecule has 4 rings (SSSR count). The summed E-state index contributed by atoms with van der Waals surface area (Å²) in [5.41, 5.74) is 1.21. The molecule has 2 aliphatic heterocycles. The summed E-state index contributed by atoms with van der Waals surface area (Å²) in [5.74, 6) is 0.927. The highest BCUT2D eigenvalue weighted by molar-refractivity contribution is 5.04. The van der Waals surface area contributed by atoms with Crippen molar-refractivity contribution in [1.29, 1.82) is 0 Å². The lowest BCUT2D eigenvalue weighted by Gasteiger charge is -2.42. The van der Waals surface area contributed by atoms with E-state index in [1.807, 2.05) is 12.5 Å². The van der Waals surface area contributed by atoms with Gasteiger partial charge in [0.2, 0.25) is 0 Å². The molecule has 1 aliphatic carbocycles. The van der Waals surface area contributed by atoms with Crippen molar-refractivity contribution in [3.05, 3.63) is 18.2 Å². The number of aromatic nitrogens is 2. The number of nitrogens with zero attached hydrogens (tertiary/aromatic N) is 3. The van der Waals surface area contributed by atoms with Gasteiger partial charge in [-0.2, -0.15) is 0 Å². The van der Waals surface area contributed by atoms with Crippen molar-refractivity contribution < 1.29 is 4.74 Å². The molecule has 4 atom stereocenters. The molecule has 26 heavy (non-hydrogen) atoms. The van der Waals surface area contributed by atoms with Gasteiger partial charge >= 0.3 is 0 Å². The fourth-order valence-electron chi connectivity index (χ4n) is 5.33. The van der Waals surface area contributed by atoms with Crippen LogP contribution < -0.4 is 5.32 Å². The second-order valence-corrected chi connectivity index (χ2v) is 8.91. The van der Waals surface area contributed by atoms with E-state index in [9.17, 15) is 0 Å². The summed E-state index contributed by atoms with van der Waals surface area (Å²) in [6.45, 7) is 5.85. The third kappa shape index (κ3) is 4.32. The summed E-state index contributed by atoms with van der Waals surface area (Å²) < 4.78 is 8.11. The van der Waals surface area contributed by atoms with Crippen LogP contribution in [0.5, 0.6) is 0 Å². The first kappa shape index (κ1) is 18.5. The zero-order valence-corrected chi connectivity index (χ0v) is 16.6. The molecule has 1 aromatic rings. The van der Waals surface area contributed by atoms with Crippen molar-refractivity contribution in [2.45, 2.75) is 82.5 Å². The summed E-state index contributed by atoms with van der Waals surface area (Å²) in [5, 5.41) is 3.97. The van der Waals surface area contributed by atoms with Gasteiger partial charge in [-0.05, 0) is 57.5 Å². The highest BCUT2D eigenvalue weighted by Crippen LogP contribution is 2.31. The van der Waals surface area contributed by atoms with E-state index in [1.165, 1.54) is 57.3 Å². The zero-order valence-electron chi connectivity index (χ0n) is 16.6. The standard InChI is InChI=1S/C21H36N4O/c1-16-4-3-5-19(12-16)25-9-6-17(7-10-25)23-18-8-11-26-21(13-18)20-14-22-15-24(20)2/h14-19,21,23H,3-13H2,1-2H3/t16-,18-,19+,21-/m1/s1. The van der Waals surface area contributed by atoms with Crippen molar-refractivity contribution in [2.24, 2.45) is 13.0 Å². The number of nitrogens with one attached hydrogen (secondary N) is 1. The van der Waals surface area contributed by atoms with E-state index in [-0.39, 0.29) is 6.10 Å². The molecule has 2 saturated heterocycles. The topological polar surface area (TPSA) is 42.3 Å². The second-order valence-electron chi connectivity index (χ2n) is 8.91. The quantitative estimate of drug-likeness (QED) is 0.895. The van der Waals surface area contributed by atoms with Gasteiger partial charge in [0, 0.05) is 31.8 Å². The van der Waals surface area contributed by atoms with E-state index in [0.717, 1.165) is 31.4 Å². The molecular weight excluding hydrogens is 324 g/mol. The number of hydrogen-bond donors (Lipinski definition) is 1. The molecule has 0 aromatic carbocycles. The molecule has 1 saturated carbocycles. The zero-order chi connectivity index (χ0) is 17.9. The number of rotatable bonds is 4. The molecule has 3 heterocycles. The first-order chi connectivity index (χ1) is 12.7. The van der Waals surface area contributed by atoms with Crippen LogP contribution in [0.4, 0.5) is 0 Å². The number of ether oxygens (including phenoxy) is 1. The molecule has 0 unspecified atom stereocenters. The molecule has 0 radical (unpaired) electrons. The van der Waals surface area contributed by atoms with Gasteiger partial charge in [0.1, 0.15) is 6.10 Å². The van der Waals surface area contributed by atoms with Crippen LogP contribution in [0.25, 0.3) is 0 Å². The van der Waals surface area contributed by atoms with Gasteiger partial charge in [0.05, 0.1) is 18.2 Å². The molecular formula is C21H36N4O. The molecule has 3 fully saturated rings. The molecule has 0 spiro atoms. The van der Waals surface area contributed by atoms with Crippen molar-refractivity contribution >= 4 is 0 Å². The molecule has 0 amide bonds. The van der Waals surface area contributed by atoms with E-state index in [2.05, 4.69) is 33.7 Å². The minimum atomic E-state index is 0.192. The maximum absolute atomic E-state index is 6.02. The van der Waals surface area contributed by atoms with Gasteiger partial charge in [-0.3, -0.25) is 0 Å². The molecule has 1 N–H and O–H groups in total. The highest BCUT2D eigenvalue weighted by Gasteiger charge is 2.31. The van der Waals surface area contributed by atoms with Gasteiger partial charge in [-0.25, -0.2) is 4.98 Å². The van der Waals surface area contributed by atoms with Crippen LogP contribution in [0.2, 0.25) is 0 Å². The van der Waals surface area contributed by atoms with E-state index in [4.69, 9.17) is 4.74 Å². The average Bonchev–Trinajstić information content (AvgIpc) is 3.09. The van der Waals surface area contributed by atoms with Crippen LogP contribution in [0, 0.1) is 5.92 Å². The van der Waals surface area contributed by atoms with Crippen molar-refractivity contribution in [3.8, 4) is 0 Å². The monoisotopic (exact) mass is 360 g/mol. The minimum Gasteiger partial charge on any atom is -0.372 e. The fraction of sp³-hybridized carbons (Fsp3) is 0.857. The third-order valence-electron chi connectivity index (χ3n) is 6.89. The molecule has 3 aliphatic rings. The predicted molar refractivity (Wildman–Crippen MR) is 104 cm³/mol. The Kier molecular flexibility index (Phi) is 5.97. The Morgan fingerprint density at radius 2 is 1.92 bits per heavy atom. The summed E-state index contributed by atoms with van der Waals surface area (Å²) >= 11 is 0. The van der Waals surface area contributed by atoms with Gasteiger partial charge < -0.3 is 19.5 Å². The lowest BCUT2D eigenvalue weighted by molar-refractivity contribution is -0.00791. The number of aryl methyl sites for hydroxylation is 1. The fourth-order valence-corrected chi connectivity index (χ4v) is 5.33. The minimum absolute atomic E-state index is 0.192. The third-order valence-corrected chi connectivity index (χ3v) is 6.89. The van der Waals surface area contributed by atoms with Gasteiger partial charge in [0.15, 0.2) is 0 Å². The average molecular weight is 361 g/mol. The number of likely N-dealkylation sites (tertiary alicyclic amines) is 1. The molecule has 5 nitrogen and oxygen atoms in total. The molecule has 0 bridgehead atoms. The van der Waals surface area contributed by atoms with Crippen molar-refractivity contribution in [2.75, 3.05) is 19.7 Å². The van der Waals surface area contributed by atoms with Crippen LogP contribution in [-0.4, -0.2) is 52.3 Å². The highest BCUT2D eigenvalue weighted by atomic mass is 16.5. The predicted octanol–water partition coefficient (Wildman–Crippen LogP) is 3.27. The Morgan fingerprint density at radius 1 is 1.08 bits per heavy atom. The Bertz CT molecular complexity index is 566. The molecule has 146 valence electrons. The Labute approximate surface area is 158 Å². The smallest absolute Gasteiger partial charge is 0.100 e. The molecule has 1 aromatic heterocycles. The van der Waals surface area contributed by atoms with Gasteiger partial charge in [-0.1, -0.05) is 19.8 Å². The molecule has 5 heteroatoms. The van der Waals surface area contributed by atoms with Crippen molar-refractivity contribution in [1.82, 2.24) is 19.8 Å². The van der Waals surface area contributed by atoms with Gasteiger partial charge in [-0.15, -0.1) is 0 Å². The first-order valence-corrected chi connectivity index (χ1v) is 10.8. The maximum atomic E-state index is 6.02. The van der Waals surface area contributed by atoms with Crippen LogP contribution in [0.1, 0.15) is 70.1 Å². The van der Waals surface area contributed by atoms with E-state index in [1.54, 1.807) is 0 Å². The number of hydrogen-bond acceptors (Lipinski definition) is 4. The van der Waals surface area contributed by atoms with E-state index < -0.39 is 0 Å². The van der Waals surface area contributed by atoms with Crippen LogP contribution >= 0.6 is 0 Å². The summed E-state index contributed by atoms with van der Waals surface area (Å²) in [6, 6.07) is 2.12. The van der Waals surface area contributed by atoms with Crippen LogP contribution in [-0.2, 0) is 11.8 Å². The number of imidazole rings is 1. The first-order valence-electron chi connectivity index (χ1n) is 10.8. The normalized spacial score (nSPS) is 34.8. The Hall–Kier alpha value is -0.910. The van der Waals surface area contributed by atoms with Gasteiger partial charge in [0.25, 0.3) is 0 Å². The van der Waals surface area contributed by atoms with Crippen molar-refractivity contribution in [3.63, 3.8) is 0 Å². The summed E-state index contributed by atoms with van der Waals surface area (Å²) in [7, 11) is 2.06. The summed E-state index contributed by atoms with van der Waals surface area (Å²) in [4.78, 5) is 7.04. The lowest BCUT2D eigenvalue weighted by atomic mass is 9.85. The lowest BCUT2D eigenvalue weighted by Crippen LogP contribution is -2.50. The summed E-state index contributed by atoms with van der Waals surface area (Å²) in [6.07, 6.45) is 14.6. The number of piperidine rings is 1. The largest absolute Gasteiger partial charge is 0.372 e. The Morgan fingerprint density at radius 3 is 2.65 bits per heavy atom. The van der Waals surface area contributed by atoms with E-state index >= 15 is 0 Å².